The van der Waals surface area contributed by atoms with Crippen LogP contribution in [0.3, 0.4) is 0 Å². The molecule has 0 aliphatic carbocycles. The molecule has 0 spiro atoms. The smallest absolute Gasteiger partial charge is 0.239 e. The van der Waals surface area contributed by atoms with E-state index < -0.39 is 0 Å². The van der Waals surface area contributed by atoms with Crippen molar-refractivity contribution in [3.05, 3.63) is 12.7 Å². The molecule has 0 radical (unpaired) electrons. The molecule has 0 bridgehead atoms. The van der Waals surface area contributed by atoms with Crippen LogP contribution in [0.4, 0.5) is 0 Å². The molecule has 3 nitrogen and oxygen atoms in total. The van der Waals surface area contributed by atoms with Crippen LogP contribution in [0, 0.1) is 0 Å². The first kappa shape index (κ1) is 11.2. The van der Waals surface area contributed by atoms with Crippen LogP contribution in [-0.2, 0) is 4.79 Å². The molecule has 1 amide bonds. The number of hydrogen-bond acceptors (Lipinski definition) is 2. The van der Waals surface area contributed by atoms with Gasteiger partial charge in [0.05, 0.1) is 6.04 Å². The summed E-state index contributed by atoms with van der Waals surface area (Å²) < 4.78 is 0. The number of likely N-dealkylation sites (N-methyl/N-ethyl adjacent to an activating group) is 1. The Bertz CT molecular complexity index is 157. The zero-order chi connectivity index (χ0) is 9.56. The minimum atomic E-state index is -0.357. The molecule has 70 valence electrons. The Labute approximate surface area is 74.2 Å². The zero-order valence-corrected chi connectivity index (χ0v) is 7.92. The van der Waals surface area contributed by atoms with Crippen molar-refractivity contribution in [2.24, 2.45) is 5.73 Å². The summed E-state index contributed by atoms with van der Waals surface area (Å²) in [6, 6.07) is -0.357. The normalized spacial score (nSPS) is 12.2. The Morgan fingerprint density at radius 1 is 1.67 bits per heavy atom. The van der Waals surface area contributed by atoms with Gasteiger partial charge >= 0.3 is 0 Å². The van der Waals surface area contributed by atoms with E-state index in [1.165, 1.54) is 0 Å². The Morgan fingerprint density at radius 3 is 2.58 bits per heavy atom. The topological polar surface area (TPSA) is 46.3 Å². The lowest BCUT2D eigenvalue weighted by atomic mass is 10.2. The van der Waals surface area contributed by atoms with Crippen molar-refractivity contribution in [3.8, 4) is 0 Å². The van der Waals surface area contributed by atoms with E-state index in [9.17, 15) is 4.79 Å². The SMILES string of the molecule is C=CCN(CC)C(=O)[C@H](N)CC. The quantitative estimate of drug-likeness (QED) is 0.619. The first-order valence-corrected chi connectivity index (χ1v) is 4.32. The third-order valence-electron chi connectivity index (χ3n) is 1.80. The van der Waals surface area contributed by atoms with Crippen LogP contribution in [-0.4, -0.2) is 29.9 Å². The van der Waals surface area contributed by atoms with Gasteiger partial charge in [-0.25, -0.2) is 0 Å². The molecule has 0 unspecified atom stereocenters. The van der Waals surface area contributed by atoms with Crippen LogP contribution >= 0.6 is 0 Å². The summed E-state index contributed by atoms with van der Waals surface area (Å²) in [7, 11) is 0. The summed E-state index contributed by atoms with van der Waals surface area (Å²) in [6.45, 7) is 8.70. The van der Waals surface area contributed by atoms with Gasteiger partial charge < -0.3 is 10.6 Å². The summed E-state index contributed by atoms with van der Waals surface area (Å²) in [5.41, 5.74) is 5.60. The van der Waals surface area contributed by atoms with E-state index in [2.05, 4.69) is 6.58 Å². The van der Waals surface area contributed by atoms with E-state index in [4.69, 9.17) is 5.73 Å². The number of amides is 1. The summed E-state index contributed by atoms with van der Waals surface area (Å²) in [6.07, 6.45) is 2.40. The third kappa shape index (κ3) is 3.05. The maximum absolute atomic E-state index is 11.4. The standard InChI is InChI=1S/C9H18N2O/c1-4-7-11(6-3)9(12)8(10)5-2/h4,8H,1,5-7,10H2,2-3H3/t8-/m1/s1. The maximum atomic E-state index is 11.4. The van der Waals surface area contributed by atoms with Crippen molar-refractivity contribution in [1.29, 1.82) is 0 Å². The molecule has 2 N–H and O–H groups in total. The van der Waals surface area contributed by atoms with Crippen LogP contribution < -0.4 is 5.73 Å². The molecule has 0 saturated heterocycles. The molecule has 0 aliphatic heterocycles. The first-order chi connectivity index (χ1) is 5.67. The van der Waals surface area contributed by atoms with Crippen molar-refractivity contribution in [3.63, 3.8) is 0 Å². The molecule has 0 aromatic rings. The molecule has 0 aliphatic rings. The van der Waals surface area contributed by atoms with Gasteiger partial charge in [-0.3, -0.25) is 4.79 Å². The molecule has 1 atom stereocenters. The van der Waals surface area contributed by atoms with E-state index in [1.807, 2.05) is 13.8 Å². The molecular formula is C9H18N2O. The van der Waals surface area contributed by atoms with Gasteiger partial charge in [-0.2, -0.15) is 0 Å². The van der Waals surface area contributed by atoms with Gasteiger partial charge in [-0.1, -0.05) is 13.0 Å². The van der Waals surface area contributed by atoms with Gasteiger partial charge in [0.1, 0.15) is 0 Å². The molecular weight excluding hydrogens is 152 g/mol. The van der Waals surface area contributed by atoms with Gasteiger partial charge in [0.25, 0.3) is 0 Å². The number of hydrogen-bond donors (Lipinski definition) is 1. The first-order valence-electron chi connectivity index (χ1n) is 4.32. The Balaban J connectivity index is 4.10. The van der Waals surface area contributed by atoms with Crippen LogP contribution in [0.15, 0.2) is 12.7 Å². The predicted molar refractivity (Wildman–Crippen MR) is 50.7 cm³/mol. The fraction of sp³-hybridized carbons (Fsp3) is 0.667. The number of nitrogens with two attached hydrogens (primary N) is 1. The van der Waals surface area contributed by atoms with Crippen LogP contribution in [0.25, 0.3) is 0 Å². The fourth-order valence-corrected chi connectivity index (χ4v) is 0.940. The highest BCUT2D eigenvalue weighted by molar-refractivity contribution is 5.81. The predicted octanol–water partition coefficient (Wildman–Crippen LogP) is 0.758. The largest absolute Gasteiger partial charge is 0.338 e. The van der Waals surface area contributed by atoms with Crippen molar-refractivity contribution < 1.29 is 4.79 Å². The minimum absolute atomic E-state index is 0.0138. The highest BCUT2D eigenvalue weighted by Gasteiger charge is 2.16. The van der Waals surface area contributed by atoms with Crippen molar-refractivity contribution in [1.82, 2.24) is 4.90 Å². The molecule has 3 heteroatoms. The summed E-state index contributed by atoms with van der Waals surface area (Å²) in [5.74, 6) is 0.0138. The van der Waals surface area contributed by atoms with Gasteiger partial charge in [-0.05, 0) is 13.3 Å². The number of carbonyl (C=O) groups is 1. The Hall–Kier alpha value is -0.830. The minimum Gasteiger partial charge on any atom is -0.338 e. The lowest BCUT2D eigenvalue weighted by Crippen LogP contribution is -2.43. The molecule has 0 rings (SSSR count). The zero-order valence-electron chi connectivity index (χ0n) is 7.92. The van der Waals surface area contributed by atoms with Gasteiger partial charge in [0, 0.05) is 13.1 Å². The lowest BCUT2D eigenvalue weighted by Gasteiger charge is -2.21. The highest BCUT2D eigenvalue weighted by atomic mass is 16.2. The molecule has 12 heavy (non-hydrogen) atoms. The second-order valence-electron chi connectivity index (χ2n) is 2.68. The highest BCUT2D eigenvalue weighted by Crippen LogP contribution is 1.96. The molecule has 0 fully saturated rings. The maximum Gasteiger partial charge on any atom is 0.239 e. The van der Waals surface area contributed by atoms with Gasteiger partial charge in [0.15, 0.2) is 0 Å². The molecule has 0 heterocycles. The average Bonchev–Trinajstić information content (AvgIpc) is 2.11. The number of carbonyl (C=O) groups excluding carboxylic acids is 1. The van der Waals surface area contributed by atoms with E-state index in [-0.39, 0.29) is 11.9 Å². The third-order valence-corrected chi connectivity index (χ3v) is 1.80. The van der Waals surface area contributed by atoms with Crippen molar-refractivity contribution >= 4 is 5.91 Å². The summed E-state index contributed by atoms with van der Waals surface area (Å²) >= 11 is 0. The van der Waals surface area contributed by atoms with E-state index >= 15 is 0 Å². The van der Waals surface area contributed by atoms with E-state index in [0.29, 0.717) is 19.5 Å². The molecule has 0 saturated carbocycles. The Morgan fingerprint density at radius 2 is 2.25 bits per heavy atom. The average molecular weight is 170 g/mol. The summed E-state index contributed by atoms with van der Waals surface area (Å²) in [5, 5.41) is 0. The second kappa shape index (κ2) is 5.77. The number of nitrogens with zero attached hydrogens (tertiary/aromatic N) is 1. The summed E-state index contributed by atoms with van der Waals surface area (Å²) in [4.78, 5) is 13.1. The van der Waals surface area contributed by atoms with E-state index in [0.717, 1.165) is 0 Å². The van der Waals surface area contributed by atoms with Crippen LogP contribution in [0.1, 0.15) is 20.3 Å². The number of rotatable bonds is 5. The van der Waals surface area contributed by atoms with Crippen molar-refractivity contribution in [2.45, 2.75) is 26.3 Å². The molecule has 0 aromatic carbocycles. The monoisotopic (exact) mass is 170 g/mol. The van der Waals surface area contributed by atoms with Crippen LogP contribution in [0.2, 0.25) is 0 Å². The lowest BCUT2D eigenvalue weighted by molar-refractivity contribution is -0.131. The second-order valence-corrected chi connectivity index (χ2v) is 2.68. The van der Waals surface area contributed by atoms with Crippen molar-refractivity contribution in [2.75, 3.05) is 13.1 Å². The van der Waals surface area contributed by atoms with E-state index in [1.54, 1.807) is 11.0 Å². The fourth-order valence-electron chi connectivity index (χ4n) is 0.940. The molecule has 0 aromatic heterocycles. The van der Waals surface area contributed by atoms with Gasteiger partial charge in [-0.15, -0.1) is 6.58 Å². The Kier molecular flexibility index (Phi) is 5.37. The van der Waals surface area contributed by atoms with Crippen LogP contribution in [0.5, 0.6) is 0 Å². The van der Waals surface area contributed by atoms with Gasteiger partial charge in [0.2, 0.25) is 5.91 Å².